The lowest BCUT2D eigenvalue weighted by Gasteiger charge is -2.27. The average Bonchev–Trinajstić information content (AvgIpc) is 3.28. The Morgan fingerprint density at radius 1 is 1.20 bits per heavy atom. The van der Waals surface area contributed by atoms with E-state index < -0.39 is 44.6 Å². The number of fused-ring (bicyclic) bond motifs is 1. The smallest absolute Gasteiger partial charge is 0.419 e. The number of amides is 1. The number of carbonyl (C=O) groups is 2. The third-order valence-corrected chi connectivity index (χ3v) is 7.91. The standard InChI is InChI=1S/C23H23F2N3O5S2/c1-12-19(26-21(34-12)35(5,31)32)27-10-9-16-13(20(27)29)11-17(18-14(24)7-6-8-15(18)25)28(16)22(30)33-23(2,3)4/h6-8,11H,9-10H2,1-5H3. The summed E-state index contributed by atoms with van der Waals surface area (Å²) in [7, 11) is -3.58. The zero-order valence-electron chi connectivity index (χ0n) is 19.7. The highest BCUT2D eigenvalue weighted by Crippen LogP contribution is 2.36. The number of rotatable bonds is 3. The van der Waals surface area contributed by atoms with Crippen molar-refractivity contribution in [1.29, 1.82) is 0 Å². The van der Waals surface area contributed by atoms with E-state index in [1.54, 1.807) is 27.7 Å². The van der Waals surface area contributed by atoms with Gasteiger partial charge in [-0.1, -0.05) is 6.07 Å². The van der Waals surface area contributed by atoms with Gasteiger partial charge in [-0.25, -0.2) is 31.5 Å². The molecule has 1 amide bonds. The molecule has 35 heavy (non-hydrogen) atoms. The molecule has 0 unspecified atom stereocenters. The highest BCUT2D eigenvalue weighted by Gasteiger charge is 2.36. The maximum absolute atomic E-state index is 14.7. The molecule has 1 aliphatic heterocycles. The van der Waals surface area contributed by atoms with Gasteiger partial charge < -0.3 is 4.74 Å². The topological polar surface area (TPSA) is 98.6 Å². The molecule has 12 heteroatoms. The molecule has 1 aromatic carbocycles. The molecular formula is C23H23F2N3O5S2. The molecule has 3 aromatic rings. The highest BCUT2D eigenvalue weighted by atomic mass is 32.2. The lowest BCUT2D eigenvalue weighted by atomic mass is 10.1. The fourth-order valence-corrected chi connectivity index (χ4v) is 5.74. The van der Waals surface area contributed by atoms with Crippen LogP contribution in [0.15, 0.2) is 28.6 Å². The van der Waals surface area contributed by atoms with Crippen molar-refractivity contribution in [3.8, 4) is 11.3 Å². The number of benzene rings is 1. The largest absolute Gasteiger partial charge is 0.443 e. The number of ether oxygens (including phenoxy) is 1. The van der Waals surface area contributed by atoms with Gasteiger partial charge in [-0.2, -0.15) is 0 Å². The Morgan fingerprint density at radius 2 is 1.83 bits per heavy atom. The Hall–Kier alpha value is -3.12. The van der Waals surface area contributed by atoms with E-state index in [2.05, 4.69) is 4.98 Å². The van der Waals surface area contributed by atoms with Gasteiger partial charge in [0.1, 0.15) is 17.2 Å². The molecule has 0 spiro atoms. The van der Waals surface area contributed by atoms with E-state index in [1.807, 2.05) is 0 Å². The zero-order chi connectivity index (χ0) is 25.9. The number of thiazole rings is 1. The summed E-state index contributed by atoms with van der Waals surface area (Å²) in [6.07, 6.45) is 0.296. The Balaban J connectivity index is 1.88. The van der Waals surface area contributed by atoms with Crippen LogP contribution < -0.4 is 4.90 Å². The molecule has 0 radical (unpaired) electrons. The van der Waals surface area contributed by atoms with E-state index >= 15 is 0 Å². The van der Waals surface area contributed by atoms with Gasteiger partial charge in [0, 0.05) is 29.8 Å². The van der Waals surface area contributed by atoms with Crippen molar-refractivity contribution >= 4 is 39.0 Å². The van der Waals surface area contributed by atoms with Crippen LogP contribution in [0.5, 0.6) is 0 Å². The first kappa shape index (κ1) is 25.0. The van der Waals surface area contributed by atoms with Crippen molar-refractivity contribution in [2.24, 2.45) is 0 Å². The van der Waals surface area contributed by atoms with Crippen LogP contribution in [0.2, 0.25) is 0 Å². The van der Waals surface area contributed by atoms with E-state index in [9.17, 15) is 26.8 Å². The lowest BCUT2D eigenvalue weighted by Crippen LogP contribution is -2.39. The summed E-state index contributed by atoms with van der Waals surface area (Å²) in [5, 5.41) is 0. The van der Waals surface area contributed by atoms with Gasteiger partial charge in [0.2, 0.25) is 14.2 Å². The van der Waals surface area contributed by atoms with Crippen LogP contribution in [-0.2, 0) is 21.0 Å². The summed E-state index contributed by atoms with van der Waals surface area (Å²) >= 11 is 0.947. The van der Waals surface area contributed by atoms with Crippen molar-refractivity contribution in [3.63, 3.8) is 0 Å². The first-order valence-corrected chi connectivity index (χ1v) is 13.3. The molecule has 2 aromatic heterocycles. The third kappa shape index (κ3) is 4.59. The quantitative estimate of drug-likeness (QED) is 0.498. The number of anilines is 1. The van der Waals surface area contributed by atoms with E-state index in [-0.39, 0.29) is 40.1 Å². The van der Waals surface area contributed by atoms with Crippen LogP contribution in [0.25, 0.3) is 11.3 Å². The van der Waals surface area contributed by atoms with Crippen molar-refractivity contribution < 1.29 is 31.5 Å². The molecule has 0 saturated carbocycles. The number of aromatic nitrogens is 2. The van der Waals surface area contributed by atoms with Crippen LogP contribution in [-0.4, -0.2) is 48.4 Å². The SMILES string of the molecule is Cc1sc(S(C)(=O)=O)nc1N1CCc2c(cc(-c3c(F)cccc3F)n2C(=O)OC(C)(C)C)C1=O. The molecule has 186 valence electrons. The van der Waals surface area contributed by atoms with Crippen LogP contribution >= 0.6 is 11.3 Å². The summed E-state index contributed by atoms with van der Waals surface area (Å²) in [4.78, 5) is 32.6. The third-order valence-electron chi connectivity index (χ3n) is 5.27. The maximum Gasteiger partial charge on any atom is 0.419 e. The number of sulfone groups is 1. The van der Waals surface area contributed by atoms with E-state index in [0.717, 1.165) is 34.3 Å². The van der Waals surface area contributed by atoms with Crippen molar-refractivity contribution in [3.05, 3.63) is 52.0 Å². The number of hydrogen-bond acceptors (Lipinski definition) is 7. The van der Waals surface area contributed by atoms with Crippen molar-refractivity contribution in [2.45, 2.75) is 44.1 Å². The van der Waals surface area contributed by atoms with E-state index in [0.29, 0.717) is 4.88 Å². The number of nitrogens with zero attached hydrogens (tertiary/aromatic N) is 3. The monoisotopic (exact) mass is 523 g/mol. The minimum absolute atomic E-state index is 0.0491. The number of aryl methyl sites for hydroxylation is 1. The number of hydrogen-bond donors (Lipinski definition) is 0. The Morgan fingerprint density at radius 3 is 2.37 bits per heavy atom. The number of carbonyl (C=O) groups excluding carboxylic acids is 2. The second-order valence-corrected chi connectivity index (χ2v) is 12.5. The fourth-order valence-electron chi connectivity index (χ4n) is 3.87. The normalized spacial score (nSPS) is 14.3. The highest BCUT2D eigenvalue weighted by molar-refractivity contribution is 7.92. The van der Waals surface area contributed by atoms with Gasteiger partial charge in [0.05, 0.1) is 16.8 Å². The minimum Gasteiger partial charge on any atom is -0.443 e. The van der Waals surface area contributed by atoms with E-state index in [1.165, 1.54) is 17.0 Å². The van der Waals surface area contributed by atoms with Gasteiger partial charge >= 0.3 is 6.09 Å². The van der Waals surface area contributed by atoms with Crippen LogP contribution in [0, 0.1) is 18.6 Å². The fraction of sp³-hybridized carbons (Fsp3) is 0.348. The Kier molecular flexibility index (Phi) is 6.08. The minimum atomic E-state index is -3.58. The molecule has 0 saturated heterocycles. The Bertz CT molecular complexity index is 1450. The van der Waals surface area contributed by atoms with Crippen molar-refractivity contribution in [1.82, 2.24) is 9.55 Å². The summed E-state index contributed by atoms with van der Waals surface area (Å²) in [5.41, 5.74) is -1.22. The van der Waals surface area contributed by atoms with Crippen LogP contribution in [0.4, 0.5) is 19.4 Å². The van der Waals surface area contributed by atoms with Gasteiger partial charge in [-0.3, -0.25) is 9.69 Å². The Labute approximate surface area is 205 Å². The summed E-state index contributed by atoms with van der Waals surface area (Å²) in [6, 6.07) is 4.58. The van der Waals surface area contributed by atoms with Gasteiger partial charge in [0.15, 0.2) is 5.82 Å². The van der Waals surface area contributed by atoms with Gasteiger partial charge in [-0.15, -0.1) is 11.3 Å². The molecule has 0 atom stereocenters. The first-order chi connectivity index (χ1) is 16.2. The van der Waals surface area contributed by atoms with Crippen LogP contribution in [0.3, 0.4) is 0 Å². The van der Waals surface area contributed by atoms with Gasteiger partial charge in [-0.05, 0) is 45.9 Å². The molecule has 8 nitrogen and oxygen atoms in total. The molecular weight excluding hydrogens is 500 g/mol. The molecule has 0 N–H and O–H groups in total. The second kappa shape index (κ2) is 8.52. The average molecular weight is 524 g/mol. The number of halogens is 2. The molecule has 0 bridgehead atoms. The molecule has 3 heterocycles. The first-order valence-electron chi connectivity index (χ1n) is 10.6. The van der Waals surface area contributed by atoms with Crippen molar-refractivity contribution in [2.75, 3.05) is 17.7 Å². The van der Waals surface area contributed by atoms with E-state index in [4.69, 9.17) is 4.74 Å². The molecule has 0 aliphatic carbocycles. The molecule has 4 rings (SSSR count). The second-order valence-electron chi connectivity index (χ2n) is 9.14. The predicted octanol–water partition coefficient (Wildman–Crippen LogP) is 4.59. The summed E-state index contributed by atoms with van der Waals surface area (Å²) < 4.78 is 59.7. The summed E-state index contributed by atoms with van der Waals surface area (Å²) in [6.45, 7) is 6.69. The maximum atomic E-state index is 14.7. The lowest BCUT2D eigenvalue weighted by molar-refractivity contribution is 0.0535. The predicted molar refractivity (Wildman–Crippen MR) is 127 cm³/mol. The summed E-state index contributed by atoms with van der Waals surface area (Å²) in [5.74, 6) is -2.18. The molecule has 1 aliphatic rings. The molecule has 0 fully saturated rings. The van der Waals surface area contributed by atoms with Gasteiger partial charge in [0.25, 0.3) is 5.91 Å². The van der Waals surface area contributed by atoms with Crippen LogP contribution in [0.1, 0.15) is 41.7 Å². The zero-order valence-corrected chi connectivity index (χ0v) is 21.3.